The molecule has 1 aromatic carbocycles. The van der Waals surface area contributed by atoms with E-state index in [1.54, 1.807) is 25.5 Å². The zero-order valence-corrected chi connectivity index (χ0v) is 11.4. The molecule has 0 radical (unpaired) electrons. The quantitative estimate of drug-likeness (QED) is 0.805. The van der Waals surface area contributed by atoms with E-state index in [9.17, 15) is 8.78 Å². The van der Waals surface area contributed by atoms with Gasteiger partial charge in [-0.3, -0.25) is 4.98 Å². The van der Waals surface area contributed by atoms with Crippen LogP contribution in [0.15, 0.2) is 36.7 Å². The summed E-state index contributed by atoms with van der Waals surface area (Å²) in [5, 5.41) is 0. The van der Waals surface area contributed by atoms with Crippen LogP contribution in [0.4, 0.5) is 14.7 Å². The molecule has 2 N–H and O–H groups in total. The number of imidazole rings is 1. The first-order valence-electron chi connectivity index (χ1n) is 6.48. The monoisotopic (exact) mass is 288 g/mol. The SMILES string of the molecule is Cn1c(N)nc2cc(Cc3cccnc3)cc(C(F)F)c21. The minimum absolute atomic E-state index is 0.0434. The van der Waals surface area contributed by atoms with Crippen LogP contribution >= 0.6 is 0 Å². The minimum atomic E-state index is -2.57. The van der Waals surface area contributed by atoms with E-state index in [0.29, 0.717) is 17.5 Å². The normalized spacial score (nSPS) is 11.4. The number of halogens is 2. The van der Waals surface area contributed by atoms with Gasteiger partial charge in [0.1, 0.15) is 0 Å². The lowest BCUT2D eigenvalue weighted by molar-refractivity contribution is 0.152. The molecule has 4 nitrogen and oxygen atoms in total. The number of hydrogen-bond acceptors (Lipinski definition) is 3. The predicted octanol–water partition coefficient (Wildman–Crippen LogP) is 3.08. The molecule has 3 aromatic rings. The predicted molar refractivity (Wildman–Crippen MR) is 77.1 cm³/mol. The number of nitrogens with two attached hydrogens (primary N) is 1. The summed E-state index contributed by atoms with van der Waals surface area (Å²) in [4.78, 5) is 8.18. The van der Waals surface area contributed by atoms with Crippen molar-refractivity contribution in [3.05, 3.63) is 53.3 Å². The van der Waals surface area contributed by atoms with Crippen molar-refractivity contribution in [3.8, 4) is 0 Å². The van der Waals surface area contributed by atoms with Crippen molar-refractivity contribution in [1.29, 1.82) is 0 Å². The summed E-state index contributed by atoms with van der Waals surface area (Å²) in [5.74, 6) is 0.227. The molecule has 0 bridgehead atoms. The Morgan fingerprint density at radius 2 is 2.10 bits per heavy atom. The summed E-state index contributed by atoms with van der Waals surface area (Å²) in [5.41, 5.74) is 8.28. The molecule has 0 aliphatic heterocycles. The molecule has 108 valence electrons. The van der Waals surface area contributed by atoms with E-state index in [4.69, 9.17) is 5.73 Å². The van der Waals surface area contributed by atoms with Gasteiger partial charge in [-0.2, -0.15) is 0 Å². The first-order valence-corrected chi connectivity index (χ1v) is 6.48. The number of nitrogen functional groups attached to an aromatic ring is 1. The van der Waals surface area contributed by atoms with E-state index in [0.717, 1.165) is 11.1 Å². The van der Waals surface area contributed by atoms with Gasteiger partial charge in [0.2, 0.25) is 5.95 Å². The average Bonchev–Trinajstić information content (AvgIpc) is 2.74. The van der Waals surface area contributed by atoms with Crippen LogP contribution in [-0.2, 0) is 13.5 Å². The molecule has 6 heteroatoms. The number of pyridine rings is 1. The van der Waals surface area contributed by atoms with Gasteiger partial charge in [-0.1, -0.05) is 6.07 Å². The van der Waals surface area contributed by atoms with Crippen LogP contribution in [0.3, 0.4) is 0 Å². The summed E-state index contributed by atoms with van der Waals surface area (Å²) in [6, 6.07) is 7.04. The molecule has 0 aliphatic carbocycles. The van der Waals surface area contributed by atoms with Crippen molar-refractivity contribution >= 4 is 17.0 Å². The molecule has 2 aromatic heterocycles. The van der Waals surface area contributed by atoms with Gasteiger partial charge in [-0.05, 0) is 35.7 Å². The number of aryl methyl sites for hydroxylation is 1. The van der Waals surface area contributed by atoms with Gasteiger partial charge < -0.3 is 10.3 Å². The van der Waals surface area contributed by atoms with E-state index in [1.807, 2.05) is 12.1 Å². The van der Waals surface area contributed by atoms with Gasteiger partial charge in [0, 0.05) is 25.0 Å². The third-order valence-corrected chi connectivity index (χ3v) is 3.46. The molecule has 3 rings (SSSR count). The lowest BCUT2D eigenvalue weighted by Crippen LogP contribution is -1.99. The fourth-order valence-electron chi connectivity index (χ4n) is 2.47. The van der Waals surface area contributed by atoms with Crippen molar-refractivity contribution in [2.45, 2.75) is 12.8 Å². The highest BCUT2D eigenvalue weighted by Crippen LogP contribution is 2.30. The highest BCUT2D eigenvalue weighted by atomic mass is 19.3. The number of rotatable bonds is 3. The topological polar surface area (TPSA) is 56.7 Å². The van der Waals surface area contributed by atoms with Gasteiger partial charge in [0.25, 0.3) is 6.43 Å². The maximum Gasteiger partial charge on any atom is 0.265 e. The van der Waals surface area contributed by atoms with Gasteiger partial charge in [0.05, 0.1) is 11.0 Å². The Labute approximate surface area is 120 Å². The first kappa shape index (κ1) is 13.5. The maximum absolute atomic E-state index is 13.3. The van der Waals surface area contributed by atoms with Crippen molar-refractivity contribution in [3.63, 3.8) is 0 Å². The molecule has 0 fully saturated rings. The average molecular weight is 288 g/mol. The molecule has 0 spiro atoms. The zero-order valence-electron chi connectivity index (χ0n) is 11.4. The Balaban J connectivity index is 2.13. The van der Waals surface area contributed by atoms with Gasteiger partial charge in [0.15, 0.2) is 0 Å². The molecular formula is C15H14F2N4. The molecule has 0 saturated heterocycles. The van der Waals surface area contributed by atoms with E-state index < -0.39 is 6.43 Å². The second-order valence-electron chi connectivity index (χ2n) is 4.92. The highest BCUT2D eigenvalue weighted by molar-refractivity contribution is 5.83. The van der Waals surface area contributed by atoms with Crippen LogP contribution in [0.25, 0.3) is 11.0 Å². The third kappa shape index (κ3) is 2.44. The molecule has 21 heavy (non-hydrogen) atoms. The molecule has 0 saturated carbocycles. The van der Waals surface area contributed by atoms with E-state index in [1.165, 1.54) is 10.6 Å². The van der Waals surface area contributed by atoms with Crippen LogP contribution < -0.4 is 5.73 Å². The first-order chi connectivity index (χ1) is 10.1. The van der Waals surface area contributed by atoms with Crippen molar-refractivity contribution in [2.24, 2.45) is 7.05 Å². The Hall–Kier alpha value is -2.50. The molecule has 0 amide bonds. The number of alkyl halides is 2. The third-order valence-electron chi connectivity index (χ3n) is 3.46. The molecule has 2 heterocycles. The Kier molecular flexibility index (Phi) is 3.29. The molecule has 0 unspecified atom stereocenters. The summed E-state index contributed by atoms with van der Waals surface area (Å²) in [6.07, 6.45) is 1.35. The van der Waals surface area contributed by atoms with Crippen LogP contribution in [-0.4, -0.2) is 14.5 Å². The number of hydrogen-bond donors (Lipinski definition) is 1. The van der Waals surface area contributed by atoms with Gasteiger partial charge in [-0.15, -0.1) is 0 Å². The number of benzene rings is 1. The second-order valence-corrected chi connectivity index (χ2v) is 4.92. The van der Waals surface area contributed by atoms with Crippen LogP contribution in [0, 0.1) is 0 Å². The van der Waals surface area contributed by atoms with E-state index in [-0.39, 0.29) is 11.5 Å². The molecular weight excluding hydrogens is 274 g/mol. The van der Waals surface area contributed by atoms with E-state index in [2.05, 4.69) is 9.97 Å². The zero-order chi connectivity index (χ0) is 15.0. The van der Waals surface area contributed by atoms with Gasteiger partial charge >= 0.3 is 0 Å². The second kappa shape index (κ2) is 5.12. The Bertz CT molecular complexity index is 781. The fraction of sp³-hybridized carbons (Fsp3) is 0.200. The Morgan fingerprint density at radius 3 is 2.76 bits per heavy atom. The van der Waals surface area contributed by atoms with E-state index >= 15 is 0 Å². The van der Waals surface area contributed by atoms with Gasteiger partial charge in [-0.25, -0.2) is 13.8 Å². The summed E-state index contributed by atoms with van der Waals surface area (Å²) in [6.45, 7) is 0. The number of aromatic nitrogens is 3. The minimum Gasteiger partial charge on any atom is -0.369 e. The lowest BCUT2D eigenvalue weighted by atomic mass is 10.0. The number of nitrogens with zero attached hydrogens (tertiary/aromatic N) is 3. The maximum atomic E-state index is 13.3. The van der Waals surface area contributed by atoms with Crippen LogP contribution in [0.5, 0.6) is 0 Å². The smallest absolute Gasteiger partial charge is 0.265 e. The number of anilines is 1. The van der Waals surface area contributed by atoms with Crippen LogP contribution in [0.2, 0.25) is 0 Å². The van der Waals surface area contributed by atoms with Crippen molar-refractivity contribution < 1.29 is 8.78 Å². The molecule has 0 atom stereocenters. The summed E-state index contributed by atoms with van der Waals surface area (Å²) in [7, 11) is 1.64. The van der Waals surface area contributed by atoms with Crippen LogP contribution in [0.1, 0.15) is 23.1 Å². The molecule has 0 aliphatic rings. The fourth-order valence-corrected chi connectivity index (χ4v) is 2.47. The van der Waals surface area contributed by atoms with Crippen molar-refractivity contribution in [1.82, 2.24) is 14.5 Å². The standard InChI is InChI=1S/C15H14F2N4/c1-21-13-11(14(16)17)6-10(7-12(13)20-15(21)18)5-9-3-2-4-19-8-9/h2-4,6-8,14H,5H2,1H3,(H2,18,20). The number of fused-ring (bicyclic) bond motifs is 1. The van der Waals surface area contributed by atoms with Crippen molar-refractivity contribution in [2.75, 3.05) is 5.73 Å². The summed E-state index contributed by atoms with van der Waals surface area (Å²) >= 11 is 0. The highest BCUT2D eigenvalue weighted by Gasteiger charge is 2.18. The lowest BCUT2D eigenvalue weighted by Gasteiger charge is -2.08. The summed E-state index contributed by atoms with van der Waals surface area (Å²) < 4.78 is 28.1. The largest absolute Gasteiger partial charge is 0.369 e. The Morgan fingerprint density at radius 1 is 1.29 bits per heavy atom.